The van der Waals surface area contributed by atoms with Crippen molar-refractivity contribution in [3.63, 3.8) is 0 Å². The summed E-state index contributed by atoms with van der Waals surface area (Å²) in [5, 5.41) is 2.38. The van der Waals surface area contributed by atoms with Crippen molar-refractivity contribution < 1.29 is 22.1 Å². The minimum Gasteiger partial charge on any atom is -0.447 e. The SMILES string of the molecule is CS(=O)(=O)OC[C@@H]1COC(=O)N1. The van der Waals surface area contributed by atoms with E-state index in [2.05, 4.69) is 14.2 Å². The molecule has 1 atom stereocenters. The smallest absolute Gasteiger partial charge is 0.407 e. The van der Waals surface area contributed by atoms with Gasteiger partial charge < -0.3 is 10.1 Å². The summed E-state index contributed by atoms with van der Waals surface area (Å²) in [5.74, 6) is 0. The van der Waals surface area contributed by atoms with Gasteiger partial charge in [-0.2, -0.15) is 8.42 Å². The maximum Gasteiger partial charge on any atom is 0.407 e. The third-order valence-electron chi connectivity index (χ3n) is 1.22. The predicted octanol–water partition coefficient (Wildman–Crippen LogP) is -0.929. The van der Waals surface area contributed by atoms with Gasteiger partial charge in [0.2, 0.25) is 0 Å². The van der Waals surface area contributed by atoms with Crippen molar-refractivity contribution in [1.29, 1.82) is 0 Å². The quantitative estimate of drug-likeness (QED) is 0.588. The molecule has 0 aromatic rings. The summed E-state index contributed by atoms with van der Waals surface area (Å²) in [6.07, 6.45) is 0.405. The summed E-state index contributed by atoms with van der Waals surface area (Å²) >= 11 is 0. The number of cyclic esters (lactones) is 1. The van der Waals surface area contributed by atoms with Crippen molar-refractivity contribution in [1.82, 2.24) is 5.32 Å². The van der Waals surface area contributed by atoms with E-state index >= 15 is 0 Å². The molecule has 1 fully saturated rings. The number of amides is 1. The van der Waals surface area contributed by atoms with Crippen LogP contribution in [0.15, 0.2) is 0 Å². The van der Waals surface area contributed by atoms with E-state index in [1.54, 1.807) is 0 Å². The molecule has 6 nitrogen and oxygen atoms in total. The second kappa shape index (κ2) is 3.28. The molecular formula is C5H9NO5S. The topological polar surface area (TPSA) is 81.7 Å². The van der Waals surface area contributed by atoms with E-state index in [1.807, 2.05) is 0 Å². The van der Waals surface area contributed by atoms with Gasteiger partial charge in [0, 0.05) is 0 Å². The van der Waals surface area contributed by atoms with Gasteiger partial charge in [-0.05, 0) is 0 Å². The molecule has 0 bridgehead atoms. The van der Waals surface area contributed by atoms with Gasteiger partial charge in [0.25, 0.3) is 10.1 Å². The highest BCUT2D eigenvalue weighted by atomic mass is 32.2. The predicted molar refractivity (Wildman–Crippen MR) is 39.1 cm³/mol. The molecule has 0 unspecified atom stereocenters. The number of ether oxygens (including phenoxy) is 1. The van der Waals surface area contributed by atoms with Crippen molar-refractivity contribution in [2.24, 2.45) is 0 Å². The fourth-order valence-corrected chi connectivity index (χ4v) is 1.13. The Morgan fingerprint density at radius 3 is 2.83 bits per heavy atom. The molecular weight excluding hydrogens is 186 g/mol. The summed E-state index contributed by atoms with van der Waals surface area (Å²) in [7, 11) is -3.44. The molecule has 1 aliphatic heterocycles. The molecule has 0 spiro atoms. The molecule has 7 heteroatoms. The maximum absolute atomic E-state index is 10.5. The first-order valence-corrected chi connectivity index (χ1v) is 5.07. The molecule has 1 aliphatic rings. The Bertz CT molecular complexity index is 272. The summed E-state index contributed by atoms with van der Waals surface area (Å²) in [5.41, 5.74) is 0. The average Bonchev–Trinajstić information content (AvgIpc) is 2.30. The standard InChI is InChI=1S/C5H9NO5S/c1-12(8,9)11-3-4-2-10-5(7)6-4/h4H,2-3H2,1H3,(H,6,7)/t4-/m0/s1. The highest BCUT2D eigenvalue weighted by Gasteiger charge is 2.23. The average molecular weight is 195 g/mol. The molecule has 0 aromatic heterocycles. The lowest BCUT2D eigenvalue weighted by atomic mass is 10.4. The van der Waals surface area contributed by atoms with Crippen molar-refractivity contribution in [3.05, 3.63) is 0 Å². The summed E-state index contributed by atoms with van der Waals surface area (Å²) in [6.45, 7) is 0.0684. The second-order valence-electron chi connectivity index (χ2n) is 2.43. The van der Waals surface area contributed by atoms with Crippen LogP contribution in [0.5, 0.6) is 0 Å². The third kappa shape index (κ3) is 3.05. The molecule has 0 saturated carbocycles. The van der Waals surface area contributed by atoms with E-state index in [4.69, 9.17) is 0 Å². The second-order valence-corrected chi connectivity index (χ2v) is 4.07. The molecule has 0 radical (unpaired) electrons. The molecule has 0 aromatic carbocycles. The largest absolute Gasteiger partial charge is 0.447 e. The van der Waals surface area contributed by atoms with Gasteiger partial charge >= 0.3 is 6.09 Å². The van der Waals surface area contributed by atoms with Crippen LogP contribution in [0.4, 0.5) is 4.79 Å². The van der Waals surface area contributed by atoms with Crippen molar-refractivity contribution >= 4 is 16.2 Å². The third-order valence-corrected chi connectivity index (χ3v) is 1.79. The lowest BCUT2D eigenvalue weighted by Gasteiger charge is -2.05. The van der Waals surface area contributed by atoms with E-state index in [9.17, 15) is 13.2 Å². The van der Waals surface area contributed by atoms with Crippen molar-refractivity contribution in [2.75, 3.05) is 19.5 Å². The van der Waals surface area contributed by atoms with Gasteiger partial charge in [-0.25, -0.2) is 4.79 Å². The van der Waals surface area contributed by atoms with Gasteiger partial charge in [0.05, 0.1) is 18.9 Å². The fraction of sp³-hybridized carbons (Fsp3) is 0.800. The van der Waals surface area contributed by atoms with E-state index in [1.165, 1.54) is 0 Å². The molecule has 1 saturated heterocycles. The Balaban J connectivity index is 2.30. The van der Waals surface area contributed by atoms with Gasteiger partial charge in [-0.3, -0.25) is 4.18 Å². The number of alkyl carbamates (subject to hydrolysis) is 1. The van der Waals surface area contributed by atoms with E-state index < -0.39 is 16.2 Å². The number of rotatable bonds is 3. The summed E-state index contributed by atoms with van der Waals surface area (Å²) < 4.78 is 29.9. The first-order valence-electron chi connectivity index (χ1n) is 3.25. The zero-order valence-electron chi connectivity index (χ0n) is 6.44. The summed E-state index contributed by atoms with van der Waals surface area (Å²) in [4.78, 5) is 10.4. The van der Waals surface area contributed by atoms with Gasteiger partial charge in [0.1, 0.15) is 6.61 Å². The molecule has 1 rings (SSSR count). The summed E-state index contributed by atoms with van der Waals surface area (Å²) in [6, 6.07) is -0.368. The highest BCUT2D eigenvalue weighted by molar-refractivity contribution is 7.85. The first-order chi connectivity index (χ1) is 5.47. The number of carbonyl (C=O) groups is 1. The Kier molecular flexibility index (Phi) is 2.53. The van der Waals surface area contributed by atoms with E-state index in [-0.39, 0.29) is 19.3 Å². The molecule has 1 amide bonds. The van der Waals surface area contributed by atoms with Crippen molar-refractivity contribution in [2.45, 2.75) is 6.04 Å². The number of nitrogens with one attached hydrogen (secondary N) is 1. The Labute approximate surface area is 70.0 Å². The number of hydrogen-bond acceptors (Lipinski definition) is 5. The lowest BCUT2D eigenvalue weighted by Crippen LogP contribution is -2.31. The van der Waals surface area contributed by atoms with Crippen LogP contribution in [-0.4, -0.2) is 40.0 Å². The first kappa shape index (κ1) is 9.27. The number of hydrogen-bond donors (Lipinski definition) is 1. The van der Waals surface area contributed by atoms with Gasteiger partial charge in [0.15, 0.2) is 0 Å². The van der Waals surface area contributed by atoms with Crippen LogP contribution in [0, 0.1) is 0 Å². The highest BCUT2D eigenvalue weighted by Crippen LogP contribution is 1.99. The van der Waals surface area contributed by atoms with E-state index in [0.29, 0.717) is 0 Å². The Morgan fingerprint density at radius 2 is 2.42 bits per heavy atom. The van der Waals surface area contributed by atoms with Crippen LogP contribution in [-0.2, 0) is 19.0 Å². The van der Waals surface area contributed by atoms with Crippen LogP contribution in [0.3, 0.4) is 0 Å². The maximum atomic E-state index is 10.5. The Morgan fingerprint density at radius 1 is 1.75 bits per heavy atom. The monoisotopic (exact) mass is 195 g/mol. The molecule has 70 valence electrons. The van der Waals surface area contributed by atoms with Crippen LogP contribution >= 0.6 is 0 Å². The van der Waals surface area contributed by atoms with Crippen molar-refractivity contribution in [3.8, 4) is 0 Å². The number of carbonyl (C=O) groups excluding carboxylic acids is 1. The normalized spacial score (nSPS) is 23.4. The molecule has 1 N–H and O–H groups in total. The molecule has 0 aliphatic carbocycles. The minimum atomic E-state index is -3.44. The molecule has 12 heavy (non-hydrogen) atoms. The van der Waals surface area contributed by atoms with Crippen LogP contribution in [0.1, 0.15) is 0 Å². The van der Waals surface area contributed by atoms with Crippen LogP contribution < -0.4 is 5.32 Å². The Hall–Kier alpha value is -0.820. The fourth-order valence-electron chi connectivity index (χ4n) is 0.722. The van der Waals surface area contributed by atoms with Gasteiger partial charge in [-0.1, -0.05) is 0 Å². The molecule has 1 heterocycles. The minimum absolute atomic E-state index is 0.0788. The van der Waals surface area contributed by atoms with E-state index in [0.717, 1.165) is 6.26 Å². The zero-order chi connectivity index (χ0) is 9.19. The zero-order valence-corrected chi connectivity index (χ0v) is 7.26. The van der Waals surface area contributed by atoms with Crippen LogP contribution in [0.2, 0.25) is 0 Å². The van der Waals surface area contributed by atoms with Gasteiger partial charge in [-0.15, -0.1) is 0 Å². The lowest BCUT2D eigenvalue weighted by molar-refractivity contribution is 0.174. The van der Waals surface area contributed by atoms with Crippen LogP contribution in [0.25, 0.3) is 0 Å².